The maximum atomic E-state index is 11.9. The van der Waals surface area contributed by atoms with Crippen molar-refractivity contribution < 1.29 is 14.3 Å². The second-order valence-electron chi connectivity index (χ2n) is 6.72. The molecule has 1 atom stereocenters. The highest BCUT2D eigenvalue weighted by Gasteiger charge is 2.18. The zero-order valence-electron chi connectivity index (χ0n) is 14.6. The van der Waals surface area contributed by atoms with Gasteiger partial charge in [-0.1, -0.05) is 13.8 Å². The summed E-state index contributed by atoms with van der Waals surface area (Å²) in [5, 5.41) is 6.14. The molecule has 124 valence electrons. The van der Waals surface area contributed by atoms with E-state index in [2.05, 4.69) is 31.4 Å². The molecule has 1 amide bonds. The van der Waals surface area contributed by atoms with E-state index in [9.17, 15) is 4.79 Å². The van der Waals surface area contributed by atoms with Gasteiger partial charge in [0.15, 0.2) is 0 Å². The Hall–Kier alpha value is -1.91. The highest BCUT2D eigenvalue weighted by Crippen LogP contribution is 2.29. The van der Waals surface area contributed by atoms with Gasteiger partial charge in [0, 0.05) is 11.7 Å². The van der Waals surface area contributed by atoms with Crippen LogP contribution in [0.3, 0.4) is 0 Å². The van der Waals surface area contributed by atoms with Gasteiger partial charge in [0.1, 0.15) is 11.4 Å². The number of nitrogens with one attached hydrogen (secondary N) is 2. The number of hydrogen-bond acceptors (Lipinski definition) is 4. The third kappa shape index (κ3) is 5.84. The van der Waals surface area contributed by atoms with Crippen LogP contribution >= 0.6 is 0 Å². The number of amides is 1. The van der Waals surface area contributed by atoms with Crippen LogP contribution in [0, 0.1) is 5.92 Å². The van der Waals surface area contributed by atoms with Crippen molar-refractivity contribution in [1.29, 1.82) is 0 Å². The molecule has 1 unspecified atom stereocenters. The molecular weight excluding hydrogens is 280 g/mol. The van der Waals surface area contributed by atoms with E-state index in [1.54, 1.807) is 7.11 Å². The van der Waals surface area contributed by atoms with Crippen molar-refractivity contribution in [1.82, 2.24) is 0 Å². The van der Waals surface area contributed by atoms with Crippen LogP contribution in [-0.4, -0.2) is 24.8 Å². The molecule has 22 heavy (non-hydrogen) atoms. The second-order valence-corrected chi connectivity index (χ2v) is 6.72. The summed E-state index contributed by atoms with van der Waals surface area (Å²) >= 11 is 0. The fourth-order valence-electron chi connectivity index (χ4n) is 1.74. The largest absolute Gasteiger partial charge is 0.495 e. The highest BCUT2D eigenvalue weighted by molar-refractivity contribution is 5.88. The Balaban J connectivity index is 2.89. The third-order valence-electron chi connectivity index (χ3n) is 3.23. The van der Waals surface area contributed by atoms with Gasteiger partial charge < -0.3 is 14.8 Å². The number of rotatable bonds is 5. The molecule has 5 heteroatoms. The number of carbonyl (C=O) groups excluding carboxylic acids is 1. The molecule has 0 aliphatic rings. The van der Waals surface area contributed by atoms with Gasteiger partial charge in [0.25, 0.3) is 0 Å². The van der Waals surface area contributed by atoms with E-state index >= 15 is 0 Å². The Morgan fingerprint density at radius 1 is 1.18 bits per heavy atom. The van der Waals surface area contributed by atoms with Crippen molar-refractivity contribution >= 4 is 17.5 Å². The van der Waals surface area contributed by atoms with E-state index < -0.39 is 11.7 Å². The van der Waals surface area contributed by atoms with Crippen LogP contribution in [0.4, 0.5) is 16.2 Å². The highest BCUT2D eigenvalue weighted by atomic mass is 16.6. The summed E-state index contributed by atoms with van der Waals surface area (Å²) in [6.07, 6.45) is -0.500. The lowest BCUT2D eigenvalue weighted by Crippen LogP contribution is -2.27. The van der Waals surface area contributed by atoms with E-state index in [1.165, 1.54) is 0 Å². The van der Waals surface area contributed by atoms with Gasteiger partial charge in [-0.25, -0.2) is 4.79 Å². The lowest BCUT2D eigenvalue weighted by Gasteiger charge is -2.22. The summed E-state index contributed by atoms with van der Waals surface area (Å²) in [5.41, 5.74) is 0.963. The Morgan fingerprint density at radius 3 is 2.32 bits per heavy atom. The van der Waals surface area contributed by atoms with Gasteiger partial charge in [0.05, 0.1) is 12.8 Å². The molecule has 0 radical (unpaired) electrons. The first kappa shape index (κ1) is 18.1. The van der Waals surface area contributed by atoms with Crippen LogP contribution < -0.4 is 15.4 Å². The van der Waals surface area contributed by atoms with E-state index in [-0.39, 0.29) is 0 Å². The standard InChI is InChI=1S/C17H28N2O3/c1-11(2)12(3)18-13-8-9-15(21-7)14(10-13)19-16(20)22-17(4,5)6/h8-12,18H,1-7H3,(H,19,20). The van der Waals surface area contributed by atoms with Crippen molar-refractivity contribution in [3.05, 3.63) is 18.2 Å². The number of benzene rings is 1. The van der Waals surface area contributed by atoms with E-state index in [1.807, 2.05) is 39.0 Å². The summed E-state index contributed by atoms with van der Waals surface area (Å²) in [6.45, 7) is 11.9. The number of methoxy groups -OCH3 is 1. The van der Waals surface area contributed by atoms with Crippen LogP contribution in [-0.2, 0) is 4.74 Å². The molecule has 1 rings (SSSR count). The molecule has 0 aliphatic carbocycles. The second kappa shape index (κ2) is 7.38. The summed E-state index contributed by atoms with van der Waals surface area (Å²) in [6, 6.07) is 5.92. The lowest BCUT2D eigenvalue weighted by molar-refractivity contribution is 0.0635. The smallest absolute Gasteiger partial charge is 0.412 e. The lowest BCUT2D eigenvalue weighted by atomic mass is 10.1. The minimum absolute atomic E-state index is 0.322. The topological polar surface area (TPSA) is 59.6 Å². The van der Waals surface area contributed by atoms with Crippen LogP contribution in [0.5, 0.6) is 5.75 Å². The molecule has 0 aromatic heterocycles. The quantitative estimate of drug-likeness (QED) is 0.841. The number of carbonyl (C=O) groups is 1. The van der Waals surface area contributed by atoms with Crippen LogP contribution in [0.15, 0.2) is 18.2 Å². The number of hydrogen-bond donors (Lipinski definition) is 2. The van der Waals surface area contributed by atoms with Gasteiger partial charge in [-0.3, -0.25) is 5.32 Å². The zero-order chi connectivity index (χ0) is 16.9. The molecule has 0 fully saturated rings. The molecule has 0 spiro atoms. The van der Waals surface area contributed by atoms with E-state index in [0.717, 1.165) is 5.69 Å². The molecule has 0 heterocycles. The van der Waals surface area contributed by atoms with Gasteiger partial charge in [0.2, 0.25) is 0 Å². The van der Waals surface area contributed by atoms with Crippen molar-refractivity contribution in [3.63, 3.8) is 0 Å². The van der Waals surface area contributed by atoms with E-state index in [4.69, 9.17) is 9.47 Å². The maximum Gasteiger partial charge on any atom is 0.412 e. The Labute approximate surface area is 133 Å². The first-order valence-electron chi connectivity index (χ1n) is 7.57. The predicted octanol–water partition coefficient (Wildman–Crippen LogP) is 4.50. The van der Waals surface area contributed by atoms with Gasteiger partial charge in [-0.2, -0.15) is 0 Å². The molecular formula is C17H28N2O3. The predicted molar refractivity (Wildman–Crippen MR) is 90.8 cm³/mol. The molecule has 1 aromatic carbocycles. The molecule has 1 aromatic rings. The molecule has 2 N–H and O–H groups in total. The SMILES string of the molecule is COc1ccc(NC(C)C(C)C)cc1NC(=O)OC(C)(C)C. The first-order chi connectivity index (χ1) is 10.1. The Morgan fingerprint density at radius 2 is 1.82 bits per heavy atom. The Bertz CT molecular complexity index is 507. The van der Waals surface area contributed by atoms with Gasteiger partial charge in [-0.15, -0.1) is 0 Å². The van der Waals surface area contributed by atoms with Gasteiger partial charge >= 0.3 is 6.09 Å². The molecule has 0 bridgehead atoms. The van der Waals surface area contributed by atoms with Crippen molar-refractivity contribution in [2.75, 3.05) is 17.7 Å². The van der Waals surface area contributed by atoms with Crippen LogP contribution in [0.2, 0.25) is 0 Å². The number of anilines is 2. The number of ether oxygens (including phenoxy) is 2. The molecule has 0 saturated heterocycles. The monoisotopic (exact) mass is 308 g/mol. The van der Waals surface area contributed by atoms with Crippen molar-refractivity contribution in [2.45, 2.75) is 53.2 Å². The Kier molecular flexibility index (Phi) is 6.09. The van der Waals surface area contributed by atoms with Crippen LogP contribution in [0.25, 0.3) is 0 Å². The summed E-state index contributed by atoms with van der Waals surface area (Å²) in [5.74, 6) is 1.10. The van der Waals surface area contributed by atoms with Crippen LogP contribution in [0.1, 0.15) is 41.5 Å². The fourth-order valence-corrected chi connectivity index (χ4v) is 1.74. The third-order valence-corrected chi connectivity index (χ3v) is 3.23. The van der Waals surface area contributed by atoms with Crippen molar-refractivity contribution in [3.8, 4) is 5.75 Å². The summed E-state index contributed by atoms with van der Waals surface area (Å²) < 4.78 is 10.6. The van der Waals surface area contributed by atoms with Crippen molar-refractivity contribution in [2.24, 2.45) is 5.92 Å². The maximum absolute atomic E-state index is 11.9. The molecule has 0 aliphatic heterocycles. The molecule has 5 nitrogen and oxygen atoms in total. The minimum Gasteiger partial charge on any atom is -0.495 e. The van der Waals surface area contributed by atoms with E-state index in [0.29, 0.717) is 23.4 Å². The fraction of sp³-hybridized carbons (Fsp3) is 0.588. The molecule has 0 saturated carbocycles. The first-order valence-corrected chi connectivity index (χ1v) is 7.57. The summed E-state index contributed by atoms with van der Waals surface area (Å²) in [4.78, 5) is 11.9. The normalized spacial score (nSPS) is 12.7. The average molecular weight is 308 g/mol. The minimum atomic E-state index is -0.542. The average Bonchev–Trinajstić information content (AvgIpc) is 2.36. The summed E-state index contributed by atoms with van der Waals surface area (Å²) in [7, 11) is 1.57. The zero-order valence-corrected chi connectivity index (χ0v) is 14.6. The van der Waals surface area contributed by atoms with Gasteiger partial charge in [-0.05, 0) is 51.8 Å².